The Hall–Kier alpha value is -0.730. The average molecular weight is 273 g/mol. The normalized spacial score (nSPS) is 15.1. The summed E-state index contributed by atoms with van der Waals surface area (Å²) >= 11 is 12.0. The number of hydrogen-bond donors (Lipinski definition) is 0. The second-order valence-corrected chi connectivity index (χ2v) is 5.41. The Morgan fingerprint density at radius 1 is 1.35 bits per heavy atom. The summed E-state index contributed by atoms with van der Waals surface area (Å²) in [6.45, 7) is 3.80. The van der Waals surface area contributed by atoms with E-state index in [1.807, 2.05) is 13.8 Å². The Balaban J connectivity index is 2.42. The van der Waals surface area contributed by atoms with Gasteiger partial charge in [-0.15, -0.1) is 0 Å². The number of carbonyl (C=O) groups is 1. The summed E-state index contributed by atoms with van der Waals surface area (Å²) in [6, 6.07) is 3.25. The molecule has 4 heteroatoms. The van der Waals surface area contributed by atoms with Crippen LogP contribution in [-0.4, -0.2) is 11.9 Å². The highest BCUT2D eigenvalue weighted by Crippen LogP contribution is 2.39. The van der Waals surface area contributed by atoms with Gasteiger partial charge in [0.25, 0.3) is 0 Å². The van der Waals surface area contributed by atoms with Crippen molar-refractivity contribution in [1.82, 2.24) is 0 Å². The second-order valence-electron chi connectivity index (χ2n) is 4.57. The molecule has 92 valence electrons. The molecule has 1 aromatic rings. The lowest BCUT2D eigenvalue weighted by Crippen LogP contribution is -2.11. The van der Waals surface area contributed by atoms with E-state index in [9.17, 15) is 4.79 Å². The van der Waals surface area contributed by atoms with Gasteiger partial charge in [-0.05, 0) is 38.8 Å². The summed E-state index contributed by atoms with van der Waals surface area (Å²) in [6.07, 6.45) is 1.87. The van der Waals surface area contributed by atoms with E-state index in [0.29, 0.717) is 21.4 Å². The van der Waals surface area contributed by atoms with Gasteiger partial charge in [-0.25, -0.2) is 0 Å². The molecule has 0 spiro atoms. The van der Waals surface area contributed by atoms with Crippen molar-refractivity contribution in [2.75, 3.05) is 0 Å². The van der Waals surface area contributed by atoms with Crippen LogP contribution in [0, 0.1) is 5.92 Å². The van der Waals surface area contributed by atoms with Gasteiger partial charge in [-0.2, -0.15) is 0 Å². The number of carbonyl (C=O) groups excluding carboxylic acids is 1. The van der Waals surface area contributed by atoms with Crippen molar-refractivity contribution in [2.24, 2.45) is 5.92 Å². The van der Waals surface area contributed by atoms with E-state index in [4.69, 9.17) is 27.9 Å². The van der Waals surface area contributed by atoms with E-state index in [1.165, 1.54) is 0 Å². The first-order valence-electron chi connectivity index (χ1n) is 5.69. The predicted octanol–water partition coefficient (Wildman–Crippen LogP) is 4.37. The first-order chi connectivity index (χ1) is 7.99. The van der Waals surface area contributed by atoms with Crippen LogP contribution in [0.25, 0.3) is 0 Å². The molecule has 0 heterocycles. The number of Topliss-reactive ketones (excluding diaryl/α,β-unsaturated/α-hetero) is 1. The van der Waals surface area contributed by atoms with Gasteiger partial charge in [-0.1, -0.05) is 23.2 Å². The minimum atomic E-state index is -0.0283. The maximum atomic E-state index is 12.1. The lowest BCUT2D eigenvalue weighted by Gasteiger charge is -2.15. The van der Waals surface area contributed by atoms with Gasteiger partial charge in [0, 0.05) is 10.9 Å². The van der Waals surface area contributed by atoms with Crippen molar-refractivity contribution in [2.45, 2.75) is 32.8 Å². The van der Waals surface area contributed by atoms with Crippen LogP contribution in [0.5, 0.6) is 5.75 Å². The Morgan fingerprint density at radius 3 is 2.53 bits per heavy atom. The van der Waals surface area contributed by atoms with Crippen molar-refractivity contribution in [3.63, 3.8) is 0 Å². The maximum Gasteiger partial charge on any atom is 0.169 e. The molecule has 0 bridgehead atoms. The molecule has 2 nitrogen and oxygen atoms in total. The minimum absolute atomic E-state index is 0.0283. The van der Waals surface area contributed by atoms with Crippen LogP contribution in [0.3, 0.4) is 0 Å². The summed E-state index contributed by atoms with van der Waals surface area (Å²) in [5, 5.41) is 0.866. The monoisotopic (exact) mass is 272 g/mol. The lowest BCUT2D eigenvalue weighted by atomic mass is 10.1. The highest BCUT2D eigenvalue weighted by molar-refractivity contribution is 6.36. The summed E-state index contributed by atoms with van der Waals surface area (Å²) in [5.74, 6) is 0.673. The maximum absolute atomic E-state index is 12.1. The predicted molar refractivity (Wildman–Crippen MR) is 69.3 cm³/mol. The summed E-state index contributed by atoms with van der Waals surface area (Å²) in [4.78, 5) is 12.1. The molecule has 0 amide bonds. The standard InChI is InChI=1S/C13H14Cl2O2/c1-7(2)17-13-10(12(16)8-3-4-8)5-9(14)6-11(13)15/h5-8H,3-4H2,1-2H3. The summed E-state index contributed by atoms with van der Waals surface area (Å²) in [7, 11) is 0. The fourth-order valence-electron chi connectivity index (χ4n) is 1.66. The van der Waals surface area contributed by atoms with Gasteiger partial charge < -0.3 is 4.74 Å². The van der Waals surface area contributed by atoms with E-state index in [0.717, 1.165) is 12.8 Å². The molecule has 1 aromatic carbocycles. The third-order valence-corrected chi connectivity index (χ3v) is 3.07. The quantitative estimate of drug-likeness (QED) is 0.761. The van der Waals surface area contributed by atoms with Crippen molar-refractivity contribution in [3.8, 4) is 5.75 Å². The number of rotatable bonds is 4. The zero-order valence-electron chi connectivity index (χ0n) is 9.80. The first kappa shape index (κ1) is 12.7. The van der Waals surface area contributed by atoms with Gasteiger partial charge in [0.15, 0.2) is 5.78 Å². The molecular formula is C13H14Cl2O2. The molecule has 0 aliphatic heterocycles. The van der Waals surface area contributed by atoms with Crippen LogP contribution in [-0.2, 0) is 0 Å². The molecule has 0 N–H and O–H groups in total. The van der Waals surface area contributed by atoms with Crippen LogP contribution < -0.4 is 4.74 Å². The number of ether oxygens (including phenoxy) is 1. The molecule has 0 unspecified atom stereocenters. The number of ketones is 1. The summed E-state index contributed by atoms with van der Waals surface area (Å²) < 4.78 is 5.62. The van der Waals surface area contributed by atoms with Gasteiger partial charge >= 0.3 is 0 Å². The second kappa shape index (κ2) is 4.87. The zero-order chi connectivity index (χ0) is 12.6. The SMILES string of the molecule is CC(C)Oc1c(Cl)cc(Cl)cc1C(=O)C1CC1. The van der Waals surface area contributed by atoms with E-state index in [2.05, 4.69) is 0 Å². The Morgan fingerprint density at radius 2 is 2.00 bits per heavy atom. The molecule has 1 aliphatic carbocycles. The largest absolute Gasteiger partial charge is 0.489 e. The summed E-state index contributed by atoms with van der Waals surface area (Å²) in [5.41, 5.74) is 0.513. The van der Waals surface area contributed by atoms with Gasteiger partial charge in [0.05, 0.1) is 16.7 Å². The molecule has 17 heavy (non-hydrogen) atoms. The number of halogens is 2. The van der Waals surface area contributed by atoms with E-state index >= 15 is 0 Å². The van der Waals surface area contributed by atoms with Crippen molar-refractivity contribution < 1.29 is 9.53 Å². The van der Waals surface area contributed by atoms with Crippen molar-refractivity contribution >= 4 is 29.0 Å². The van der Waals surface area contributed by atoms with Crippen LogP contribution in [0.4, 0.5) is 0 Å². The first-order valence-corrected chi connectivity index (χ1v) is 6.44. The van der Waals surface area contributed by atoms with Gasteiger partial charge in [-0.3, -0.25) is 4.79 Å². The van der Waals surface area contributed by atoms with E-state index < -0.39 is 0 Å². The third-order valence-electron chi connectivity index (χ3n) is 2.58. The molecule has 0 atom stereocenters. The van der Waals surface area contributed by atoms with Crippen LogP contribution in [0.2, 0.25) is 10.0 Å². The van der Waals surface area contributed by atoms with Gasteiger partial charge in [0.1, 0.15) is 5.75 Å². The molecule has 0 aromatic heterocycles. The Labute approximate surface area is 111 Å². The van der Waals surface area contributed by atoms with Crippen molar-refractivity contribution in [3.05, 3.63) is 27.7 Å². The highest BCUT2D eigenvalue weighted by atomic mass is 35.5. The third kappa shape index (κ3) is 2.93. The Kier molecular flexibility index (Phi) is 3.64. The molecule has 0 radical (unpaired) electrons. The topological polar surface area (TPSA) is 26.3 Å². The lowest BCUT2D eigenvalue weighted by molar-refractivity contribution is 0.0962. The average Bonchev–Trinajstić information content (AvgIpc) is 3.03. The highest BCUT2D eigenvalue weighted by Gasteiger charge is 2.33. The molecular weight excluding hydrogens is 259 g/mol. The molecule has 1 fully saturated rings. The van der Waals surface area contributed by atoms with Crippen molar-refractivity contribution in [1.29, 1.82) is 0 Å². The molecule has 2 rings (SSSR count). The van der Waals surface area contributed by atoms with E-state index in [-0.39, 0.29) is 17.8 Å². The van der Waals surface area contributed by atoms with Crippen LogP contribution in [0.15, 0.2) is 12.1 Å². The Bertz CT molecular complexity index is 451. The fraction of sp³-hybridized carbons (Fsp3) is 0.462. The number of benzene rings is 1. The molecule has 0 saturated heterocycles. The van der Waals surface area contributed by atoms with E-state index in [1.54, 1.807) is 12.1 Å². The zero-order valence-corrected chi connectivity index (χ0v) is 11.3. The number of hydrogen-bond acceptors (Lipinski definition) is 2. The van der Waals surface area contributed by atoms with Gasteiger partial charge in [0.2, 0.25) is 0 Å². The molecule has 1 saturated carbocycles. The van der Waals surface area contributed by atoms with Crippen LogP contribution >= 0.6 is 23.2 Å². The molecule has 1 aliphatic rings. The minimum Gasteiger partial charge on any atom is -0.489 e. The fourth-order valence-corrected chi connectivity index (χ4v) is 2.20. The smallest absolute Gasteiger partial charge is 0.169 e. The van der Waals surface area contributed by atoms with Crippen LogP contribution in [0.1, 0.15) is 37.0 Å².